The largest absolute Gasteiger partial charge is 0.466 e. The summed E-state index contributed by atoms with van der Waals surface area (Å²) < 4.78 is 10.6. The number of ether oxygens (including phenoxy) is 1. The minimum Gasteiger partial charge on any atom is -0.466 e. The fraction of sp³-hybridized carbons (Fsp3) is 0.556. The summed E-state index contributed by atoms with van der Waals surface area (Å²) in [6, 6.07) is 1.91. The van der Waals surface area contributed by atoms with Crippen LogP contribution < -0.4 is 5.73 Å². The van der Waals surface area contributed by atoms with Gasteiger partial charge in [0.2, 0.25) is 0 Å². The van der Waals surface area contributed by atoms with Crippen molar-refractivity contribution in [2.75, 3.05) is 13.7 Å². The Morgan fingerprint density at radius 2 is 2.33 bits per heavy atom. The van der Waals surface area contributed by atoms with Crippen LogP contribution in [0.2, 0.25) is 0 Å². The molecule has 0 aliphatic carbocycles. The quantitative estimate of drug-likeness (QED) is 0.744. The molecule has 3 nitrogen and oxygen atoms in total. The molecule has 0 fully saturated rings. The highest BCUT2D eigenvalue weighted by Gasteiger charge is 2.29. The highest BCUT2D eigenvalue weighted by Crippen LogP contribution is 2.26. The summed E-state index contributed by atoms with van der Waals surface area (Å²) in [7, 11) is 1.63. The van der Waals surface area contributed by atoms with Gasteiger partial charge in [0.1, 0.15) is 11.4 Å². The Labute approximate surface area is 72.5 Å². The van der Waals surface area contributed by atoms with Crippen LogP contribution in [0.3, 0.4) is 0 Å². The molecule has 1 aromatic rings. The standard InChI is InChI=1S/C9H15NO2/c1-7-4-5-12-8(7)9(2,6-10)11-3/h4-5H,6,10H2,1-3H3. The number of furan rings is 1. The lowest BCUT2D eigenvalue weighted by Gasteiger charge is -2.24. The molecule has 0 aromatic carbocycles. The zero-order chi connectivity index (χ0) is 9.19. The fourth-order valence-corrected chi connectivity index (χ4v) is 1.18. The first kappa shape index (κ1) is 9.29. The molecular formula is C9H15NO2. The molecule has 0 amide bonds. The van der Waals surface area contributed by atoms with Crippen LogP contribution in [0.4, 0.5) is 0 Å². The van der Waals surface area contributed by atoms with Gasteiger partial charge in [-0.1, -0.05) is 0 Å². The van der Waals surface area contributed by atoms with Crippen molar-refractivity contribution in [3.63, 3.8) is 0 Å². The third-order valence-electron chi connectivity index (χ3n) is 2.18. The molecule has 12 heavy (non-hydrogen) atoms. The van der Waals surface area contributed by atoms with E-state index in [9.17, 15) is 0 Å². The van der Waals surface area contributed by atoms with E-state index in [0.717, 1.165) is 11.3 Å². The molecular weight excluding hydrogens is 154 g/mol. The van der Waals surface area contributed by atoms with Gasteiger partial charge in [-0.3, -0.25) is 0 Å². The number of hydrogen-bond donors (Lipinski definition) is 1. The van der Waals surface area contributed by atoms with Crippen molar-refractivity contribution in [3.05, 3.63) is 23.7 Å². The van der Waals surface area contributed by atoms with E-state index in [2.05, 4.69) is 0 Å². The van der Waals surface area contributed by atoms with Gasteiger partial charge in [0.25, 0.3) is 0 Å². The SMILES string of the molecule is COC(C)(CN)c1occc1C. The maximum Gasteiger partial charge on any atom is 0.139 e. The number of hydrogen-bond acceptors (Lipinski definition) is 3. The molecule has 0 saturated carbocycles. The van der Waals surface area contributed by atoms with Crippen molar-refractivity contribution in [1.82, 2.24) is 0 Å². The zero-order valence-electron chi connectivity index (χ0n) is 7.76. The second-order valence-electron chi connectivity index (χ2n) is 3.07. The molecule has 0 aliphatic rings. The van der Waals surface area contributed by atoms with E-state index in [-0.39, 0.29) is 0 Å². The van der Waals surface area contributed by atoms with Crippen LogP contribution in [0.5, 0.6) is 0 Å². The average Bonchev–Trinajstić information content (AvgIpc) is 2.51. The van der Waals surface area contributed by atoms with Gasteiger partial charge in [-0.2, -0.15) is 0 Å². The number of aryl methyl sites for hydroxylation is 1. The maximum atomic E-state index is 5.59. The second kappa shape index (κ2) is 3.29. The van der Waals surface area contributed by atoms with Crippen LogP contribution in [0.1, 0.15) is 18.2 Å². The molecule has 68 valence electrons. The van der Waals surface area contributed by atoms with Crippen molar-refractivity contribution in [2.45, 2.75) is 19.4 Å². The summed E-state index contributed by atoms with van der Waals surface area (Å²) in [5.74, 6) is 0.813. The molecule has 0 bridgehead atoms. The van der Waals surface area contributed by atoms with Crippen LogP contribution >= 0.6 is 0 Å². The second-order valence-corrected chi connectivity index (χ2v) is 3.07. The minimum atomic E-state index is -0.492. The van der Waals surface area contributed by atoms with E-state index < -0.39 is 5.60 Å². The summed E-state index contributed by atoms with van der Waals surface area (Å²) in [5.41, 5.74) is 6.17. The van der Waals surface area contributed by atoms with E-state index in [4.69, 9.17) is 14.9 Å². The van der Waals surface area contributed by atoms with Gasteiger partial charge in [-0.05, 0) is 25.5 Å². The first-order valence-electron chi connectivity index (χ1n) is 3.94. The van der Waals surface area contributed by atoms with Crippen LogP contribution in [0.15, 0.2) is 16.7 Å². The molecule has 1 unspecified atom stereocenters. The lowest BCUT2D eigenvalue weighted by Crippen LogP contribution is -2.33. The Morgan fingerprint density at radius 1 is 1.67 bits per heavy atom. The molecule has 0 radical (unpaired) electrons. The molecule has 2 N–H and O–H groups in total. The number of nitrogens with two attached hydrogens (primary N) is 1. The fourth-order valence-electron chi connectivity index (χ4n) is 1.18. The molecule has 1 rings (SSSR count). The molecule has 3 heteroatoms. The number of methoxy groups -OCH3 is 1. The Balaban J connectivity index is 3.02. The molecule has 0 spiro atoms. The predicted molar refractivity (Wildman–Crippen MR) is 46.9 cm³/mol. The molecule has 0 aliphatic heterocycles. The van der Waals surface area contributed by atoms with Crippen molar-refractivity contribution in [3.8, 4) is 0 Å². The van der Waals surface area contributed by atoms with Crippen LogP contribution in [-0.4, -0.2) is 13.7 Å². The number of rotatable bonds is 3. The van der Waals surface area contributed by atoms with Gasteiger partial charge in [0, 0.05) is 13.7 Å². The lowest BCUT2D eigenvalue weighted by atomic mass is 10.0. The van der Waals surface area contributed by atoms with Crippen molar-refractivity contribution in [1.29, 1.82) is 0 Å². The third kappa shape index (κ3) is 1.38. The van der Waals surface area contributed by atoms with Crippen molar-refractivity contribution in [2.24, 2.45) is 5.73 Å². The smallest absolute Gasteiger partial charge is 0.139 e. The highest BCUT2D eigenvalue weighted by molar-refractivity contribution is 5.21. The van der Waals surface area contributed by atoms with Crippen molar-refractivity contribution < 1.29 is 9.15 Å². The summed E-state index contributed by atoms with van der Waals surface area (Å²) in [4.78, 5) is 0. The lowest BCUT2D eigenvalue weighted by molar-refractivity contribution is -0.00842. The van der Waals surface area contributed by atoms with Gasteiger partial charge >= 0.3 is 0 Å². The maximum absolute atomic E-state index is 5.59. The average molecular weight is 169 g/mol. The normalized spacial score (nSPS) is 16.0. The van der Waals surface area contributed by atoms with E-state index >= 15 is 0 Å². The Hall–Kier alpha value is -0.800. The summed E-state index contributed by atoms with van der Waals surface area (Å²) in [5, 5.41) is 0. The Bertz CT molecular complexity index is 251. The first-order chi connectivity index (χ1) is 5.64. The van der Waals surface area contributed by atoms with E-state index in [1.165, 1.54) is 0 Å². The molecule has 0 saturated heterocycles. The first-order valence-corrected chi connectivity index (χ1v) is 3.94. The Morgan fingerprint density at radius 3 is 2.67 bits per heavy atom. The molecule has 1 atom stereocenters. The van der Waals surface area contributed by atoms with Crippen LogP contribution in [0.25, 0.3) is 0 Å². The van der Waals surface area contributed by atoms with Crippen LogP contribution in [0, 0.1) is 6.92 Å². The van der Waals surface area contributed by atoms with Gasteiger partial charge < -0.3 is 14.9 Å². The van der Waals surface area contributed by atoms with E-state index in [1.807, 2.05) is 19.9 Å². The van der Waals surface area contributed by atoms with Gasteiger partial charge in [-0.25, -0.2) is 0 Å². The summed E-state index contributed by atoms with van der Waals surface area (Å²) in [6.45, 7) is 4.31. The molecule has 1 aromatic heterocycles. The van der Waals surface area contributed by atoms with E-state index in [0.29, 0.717) is 6.54 Å². The monoisotopic (exact) mass is 169 g/mol. The van der Waals surface area contributed by atoms with Crippen molar-refractivity contribution >= 4 is 0 Å². The van der Waals surface area contributed by atoms with Crippen LogP contribution in [-0.2, 0) is 10.3 Å². The Kier molecular flexibility index (Phi) is 2.55. The van der Waals surface area contributed by atoms with Gasteiger partial charge in [0.05, 0.1) is 6.26 Å². The summed E-state index contributed by atoms with van der Waals surface area (Å²) >= 11 is 0. The van der Waals surface area contributed by atoms with Gasteiger partial charge in [-0.15, -0.1) is 0 Å². The molecule has 1 heterocycles. The van der Waals surface area contributed by atoms with E-state index in [1.54, 1.807) is 13.4 Å². The highest BCUT2D eigenvalue weighted by atomic mass is 16.5. The third-order valence-corrected chi connectivity index (χ3v) is 2.18. The minimum absolute atomic E-state index is 0.415. The topological polar surface area (TPSA) is 48.4 Å². The zero-order valence-corrected chi connectivity index (χ0v) is 7.76. The summed E-state index contributed by atoms with van der Waals surface area (Å²) in [6.07, 6.45) is 1.65. The van der Waals surface area contributed by atoms with Gasteiger partial charge in [0.15, 0.2) is 0 Å². The predicted octanol–water partition coefficient (Wildman–Crippen LogP) is 1.41.